The van der Waals surface area contributed by atoms with Crippen molar-refractivity contribution in [2.45, 2.75) is 26.3 Å². The lowest BCUT2D eigenvalue weighted by atomic mass is 9.99. The van der Waals surface area contributed by atoms with E-state index >= 15 is 0 Å². The summed E-state index contributed by atoms with van der Waals surface area (Å²) in [5.41, 5.74) is 4.32. The summed E-state index contributed by atoms with van der Waals surface area (Å²) in [6, 6.07) is 15.7. The molecule has 0 saturated carbocycles. The third kappa shape index (κ3) is 5.54. The number of hydrogen-bond acceptors (Lipinski definition) is 5. The Morgan fingerprint density at radius 3 is 2.68 bits per heavy atom. The molecular formula is C23H25BN6O. The van der Waals surface area contributed by atoms with Crippen LogP contribution in [0.2, 0.25) is 0 Å². The normalized spacial score (nSPS) is 13.1. The summed E-state index contributed by atoms with van der Waals surface area (Å²) in [6.45, 7) is 4.29. The predicted octanol–water partition coefficient (Wildman–Crippen LogP) is 3.56. The van der Waals surface area contributed by atoms with Crippen molar-refractivity contribution in [3.05, 3.63) is 65.9 Å². The van der Waals surface area contributed by atoms with Gasteiger partial charge in [0.05, 0.1) is 0 Å². The average molecular weight is 412 g/mol. The fourth-order valence-corrected chi connectivity index (χ4v) is 3.53. The van der Waals surface area contributed by atoms with Crippen LogP contribution in [0.1, 0.15) is 24.0 Å². The van der Waals surface area contributed by atoms with E-state index in [0.717, 1.165) is 42.9 Å². The van der Waals surface area contributed by atoms with Gasteiger partial charge in [0.2, 0.25) is 5.95 Å². The van der Waals surface area contributed by atoms with Gasteiger partial charge >= 0.3 is 6.03 Å². The first-order valence-electron chi connectivity index (χ1n) is 10.4. The zero-order valence-electron chi connectivity index (χ0n) is 17.6. The molecule has 0 spiro atoms. The monoisotopic (exact) mass is 412 g/mol. The zero-order valence-corrected chi connectivity index (χ0v) is 17.6. The van der Waals surface area contributed by atoms with Crippen LogP contribution in [0.25, 0.3) is 0 Å². The van der Waals surface area contributed by atoms with E-state index in [-0.39, 0.29) is 6.03 Å². The number of carbonyl (C=O) groups is 1. The fraction of sp³-hybridized carbons (Fsp3) is 0.261. The molecule has 2 heterocycles. The number of rotatable bonds is 6. The molecule has 2 radical (unpaired) electrons. The summed E-state index contributed by atoms with van der Waals surface area (Å²) in [6.07, 6.45) is 3.69. The van der Waals surface area contributed by atoms with Gasteiger partial charge in [-0.25, -0.2) is 9.78 Å². The van der Waals surface area contributed by atoms with Crippen LogP contribution in [0, 0.1) is 6.92 Å². The van der Waals surface area contributed by atoms with Gasteiger partial charge in [-0.1, -0.05) is 35.9 Å². The lowest BCUT2D eigenvalue weighted by Gasteiger charge is -2.16. The van der Waals surface area contributed by atoms with Gasteiger partial charge in [-0.3, -0.25) is 0 Å². The van der Waals surface area contributed by atoms with Gasteiger partial charge in [0.25, 0.3) is 0 Å². The molecule has 2 amide bonds. The molecule has 0 aliphatic carbocycles. The summed E-state index contributed by atoms with van der Waals surface area (Å²) in [4.78, 5) is 22.9. The molecule has 156 valence electrons. The molecule has 3 N–H and O–H groups in total. The highest BCUT2D eigenvalue weighted by molar-refractivity contribution is 6.35. The van der Waals surface area contributed by atoms with Gasteiger partial charge in [0, 0.05) is 37.2 Å². The van der Waals surface area contributed by atoms with Gasteiger partial charge in [0.1, 0.15) is 13.7 Å². The maximum absolute atomic E-state index is 12.3. The fourth-order valence-electron chi connectivity index (χ4n) is 3.53. The average Bonchev–Trinajstić information content (AvgIpc) is 3.30. The maximum Gasteiger partial charge on any atom is 0.321 e. The lowest BCUT2D eigenvalue weighted by molar-refractivity contribution is 0.222. The molecule has 1 aliphatic rings. The first-order valence-corrected chi connectivity index (χ1v) is 10.4. The molecular weight excluding hydrogens is 387 g/mol. The summed E-state index contributed by atoms with van der Waals surface area (Å²) in [5, 5.41) is 9.40. The van der Waals surface area contributed by atoms with Crippen LogP contribution in [-0.4, -0.2) is 41.8 Å². The maximum atomic E-state index is 12.3. The van der Waals surface area contributed by atoms with Crippen LogP contribution in [0.3, 0.4) is 0 Å². The van der Waals surface area contributed by atoms with E-state index in [1.54, 1.807) is 6.20 Å². The van der Waals surface area contributed by atoms with Crippen LogP contribution in [-0.2, 0) is 6.54 Å². The number of aryl methyl sites for hydroxylation is 1. The molecule has 0 atom stereocenters. The Bertz CT molecular complexity index is 1070. The van der Waals surface area contributed by atoms with Crippen LogP contribution < -0.4 is 21.4 Å². The van der Waals surface area contributed by atoms with E-state index in [4.69, 9.17) is 7.85 Å². The number of nitrogens with one attached hydrogen (secondary N) is 3. The van der Waals surface area contributed by atoms with E-state index in [9.17, 15) is 4.79 Å². The van der Waals surface area contributed by atoms with Crippen molar-refractivity contribution in [3.63, 3.8) is 0 Å². The van der Waals surface area contributed by atoms with E-state index in [1.807, 2.05) is 35.2 Å². The zero-order chi connectivity index (χ0) is 21.6. The molecule has 1 saturated heterocycles. The van der Waals surface area contributed by atoms with Crippen LogP contribution >= 0.6 is 0 Å². The van der Waals surface area contributed by atoms with Crippen molar-refractivity contribution < 1.29 is 4.79 Å². The quantitative estimate of drug-likeness (QED) is 0.540. The van der Waals surface area contributed by atoms with Gasteiger partial charge < -0.3 is 20.9 Å². The molecule has 1 aliphatic heterocycles. The number of urea groups is 1. The first-order chi connectivity index (χ1) is 15.1. The van der Waals surface area contributed by atoms with Crippen molar-refractivity contribution in [2.24, 2.45) is 0 Å². The van der Waals surface area contributed by atoms with Gasteiger partial charge in [-0.2, -0.15) is 4.98 Å². The minimum Gasteiger partial charge on any atom is -0.366 e. The molecule has 1 fully saturated rings. The molecule has 4 rings (SSSR count). The number of benzene rings is 2. The van der Waals surface area contributed by atoms with Crippen molar-refractivity contribution >= 4 is 42.5 Å². The highest BCUT2D eigenvalue weighted by atomic mass is 16.2. The second-order valence-electron chi connectivity index (χ2n) is 7.67. The standard InChI is InChI=1S/C23H25BN6O/c1-16-6-4-7-17(12-16)14-25-21-20(24)15-26-22(29-21)27-18-8-5-9-19(13-18)28-23(31)30-10-2-3-11-30/h4-9,12-13,15H,2-3,10-11,14H2,1H3,(H,28,31)(H2,25,26,27,29). The van der Waals surface area contributed by atoms with Crippen LogP contribution in [0.4, 0.5) is 27.9 Å². The largest absolute Gasteiger partial charge is 0.366 e. The predicted molar refractivity (Wildman–Crippen MR) is 125 cm³/mol. The van der Waals surface area contributed by atoms with Gasteiger partial charge in [-0.15, -0.1) is 0 Å². The van der Waals surface area contributed by atoms with Crippen molar-refractivity contribution in [1.29, 1.82) is 0 Å². The SMILES string of the molecule is [B]c1cnc(Nc2cccc(NC(=O)N3CCCC3)c2)nc1NCc1cccc(C)c1. The Morgan fingerprint density at radius 2 is 1.87 bits per heavy atom. The first kappa shape index (κ1) is 20.7. The number of carbonyl (C=O) groups excluding carboxylic acids is 1. The summed E-state index contributed by atoms with van der Waals surface area (Å²) >= 11 is 0. The van der Waals surface area contributed by atoms with Crippen LogP contribution in [0.15, 0.2) is 54.7 Å². The Balaban J connectivity index is 1.42. The minimum atomic E-state index is -0.0685. The minimum absolute atomic E-state index is 0.0685. The smallest absolute Gasteiger partial charge is 0.321 e. The number of anilines is 4. The van der Waals surface area contributed by atoms with Crippen LogP contribution in [0.5, 0.6) is 0 Å². The molecule has 31 heavy (non-hydrogen) atoms. The lowest BCUT2D eigenvalue weighted by Crippen LogP contribution is -2.32. The van der Waals surface area contributed by atoms with Crippen molar-refractivity contribution in [3.8, 4) is 0 Å². The Labute approximate surface area is 183 Å². The Hall–Kier alpha value is -3.55. The number of amides is 2. The second-order valence-corrected chi connectivity index (χ2v) is 7.67. The second kappa shape index (κ2) is 9.51. The topological polar surface area (TPSA) is 82.2 Å². The molecule has 7 nitrogen and oxygen atoms in total. The summed E-state index contributed by atoms with van der Waals surface area (Å²) < 4.78 is 0. The summed E-state index contributed by atoms with van der Waals surface area (Å²) in [7, 11) is 6.05. The third-order valence-corrected chi connectivity index (χ3v) is 5.12. The van der Waals surface area contributed by atoms with E-state index in [0.29, 0.717) is 23.8 Å². The molecule has 8 heteroatoms. The van der Waals surface area contributed by atoms with E-state index in [1.165, 1.54) is 5.56 Å². The molecule has 2 aromatic carbocycles. The Morgan fingerprint density at radius 1 is 1.10 bits per heavy atom. The van der Waals surface area contributed by atoms with E-state index < -0.39 is 0 Å². The number of likely N-dealkylation sites (tertiary alicyclic amines) is 1. The molecule has 3 aromatic rings. The van der Waals surface area contributed by atoms with E-state index in [2.05, 4.69) is 51.0 Å². The number of aromatic nitrogens is 2. The highest BCUT2D eigenvalue weighted by Gasteiger charge is 2.17. The highest BCUT2D eigenvalue weighted by Crippen LogP contribution is 2.20. The molecule has 1 aromatic heterocycles. The Kier molecular flexibility index (Phi) is 6.36. The molecule has 0 bridgehead atoms. The van der Waals surface area contributed by atoms with Crippen molar-refractivity contribution in [2.75, 3.05) is 29.0 Å². The number of nitrogens with zero attached hydrogens (tertiary/aromatic N) is 3. The van der Waals surface area contributed by atoms with Gasteiger partial charge in [0.15, 0.2) is 0 Å². The van der Waals surface area contributed by atoms with Crippen molar-refractivity contribution in [1.82, 2.24) is 14.9 Å². The third-order valence-electron chi connectivity index (χ3n) is 5.12. The number of hydrogen-bond donors (Lipinski definition) is 3. The van der Waals surface area contributed by atoms with Gasteiger partial charge in [-0.05, 0) is 49.0 Å². The molecule has 0 unspecified atom stereocenters. The summed E-state index contributed by atoms with van der Waals surface area (Å²) in [5.74, 6) is 0.987.